The molecule has 0 saturated heterocycles. The summed E-state index contributed by atoms with van der Waals surface area (Å²) in [5, 5.41) is 0. The first kappa shape index (κ1) is 15.7. The Hall–Kier alpha value is -1.70. The molecule has 0 aliphatic rings. The summed E-state index contributed by atoms with van der Waals surface area (Å²) in [6.07, 6.45) is 1.53. The quantitative estimate of drug-likeness (QED) is 0.886. The fourth-order valence-corrected chi connectivity index (χ4v) is 2.99. The van der Waals surface area contributed by atoms with Gasteiger partial charge in [-0.2, -0.15) is 0 Å². The summed E-state index contributed by atoms with van der Waals surface area (Å²) >= 11 is 0. The molecule has 1 atom stereocenters. The fourth-order valence-electron chi connectivity index (χ4n) is 1.92. The Morgan fingerprint density at radius 3 is 2.62 bits per heavy atom. The first-order valence-corrected chi connectivity index (χ1v) is 7.83. The Balaban J connectivity index is 2.13. The molecule has 7 heteroatoms. The van der Waals surface area contributed by atoms with Crippen LogP contribution in [0.5, 0.6) is 0 Å². The van der Waals surface area contributed by atoms with Gasteiger partial charge in [-0.25, -0.2) is 17.5 Å². The molecule has 0 amide bonds. The third kappa shape index (κ3) is 3.90. The van der Waals surface area contributed by atoms with Gasteiger partial charge < -0.3 is 4.42 Å². The normalized spacial score (nSPS) is 13.5. The van der Waals surface area contributed by atoms with E-state index in [0.29, 0.717) is 5.76 Å². The lowest BCUT2D eigenvalue weighted by molar-refractivity contribution is 0.259. The van der Waals surface area contributed by atoms with Gasteiger partial charge in [0.15, 0.2) is 0 Å². The molecule has 1 unspecified atom stereocenters. The molecule has 1 aromatic carbocycles. The Morgan fingerprint density at radius 1 is 1.29 bits per heavy atom. The molecule has 0 fully saturated rings. The molecule has 0 bridgehead atoms. The largest absolute Gasteiger partial charge is 0.468 e. The van der Waals surface area contributed by atoms with Gasteiger partial charge in [-0.1, -0.05) is 6.07 Å². The molecule has 0 saturated carbocycles. The summed E-state index contributed by atoms with van der Waals surface area (Å²) < 4.78 is 45.2. The second-order valence-corrected chi connectivity index (χ2v) is 6.57. The first-order chi connectivity index (χ1) is 9.90. The van der Waals surface area contributed by atoms with Gasteiger partial charge in [-0.15, -0.1) is 0 Å². The van der Waals surface area contributed by atoms with Crippen molar-refractivity contribution in [1.29, 1.82) is 0 Å². The Bertz CT molecular complexity index is 684. The maximum absolute atomic E-state index is 13.1. The van der Waals surface area contributed by atoms with E-state index in [4.69, 9.17) is 4.42 Å². The zero-order valence-electron chi connectivity index (χ0n) is 11.8. The smallest absolute Gasteiger partial charge is 0.240 e. The maximum Gasteiger partial charge on any atom is 0.240 e. The highest BCUT2D eigenvalue weighted by atomic mass is 32.2. The topological polar surface area (TPSA) is 62.6 Å². The molecule has 0 spiro atoms. The SMILES string of the molecule is CN(C)C(CNS(=O)(=O)c1cccc(F)c1)c1ccco1. The van der Waals surface area contributed by atoms with Crippen LogP contribution in [0, 0.1) is 5.82 Å². The monoisotopic (exact) mass is 312 g/mol. The molecule has 1 heterocycles. The van der Waals surface area contributed by atoms with Gasteiger partial charge in [0.2, 0.25) is 10.0 Å². The van der Waals surface area contributed by atoms with Crippen molar-refractivity contribution in [3.05, 3.63) is 54.2 Å². The van der Waals surface area contributed by atoms with Crippen LogP contribution >= 0.6 is 0 Å². The number of rotatable bonds is 6. The summed E-state index contributed by atoms with van der Waals surface area (Å²) in [6, 6.07) is 8.17. The second kappa shape index (κ2) is 6.38. The molecule has 1 N–H and O–H groups in total. The molecule has 114 valence electrons. The number of hydrogen-bond acceptors (Lipinski definition) is 4. The number of benzene rings is 1. The van der Waals surface area contributed by atoms with E-state index in [1.54, 1.807) is 12.1 Å². The molecule has 0 radical (unpaired) electrons. The highest BCUT2D eigenvalue weighted by Crippen LogP contribution is 2.19. The molecule has 2 rings (SSSR count). The number of halogens is 1. The molecular formula is C14H17FN2O3S. The summed E-state index contributed by atoms with van der Waals surface area (Å²) in [7, 11) is -0.115. The molecule has 2 aromatic rings. The minimum Gasteiger partial charge on any atom is -0.468 e. The minimum absolute atomic E-state index is 0.0977. The van der Waals surface area contributed by atoms with Gasteiger partial charge >= 0.3 is 0 Å². The van der Waals surface area contributed by atoms with E-state index in [1.807, 2.05) is 19.0 Å². The summed E-state index contributed by atoms with van der Waals surface area (Å²) in [4.78, 5) is 1.74. The van der Waals surface area contributed by atoms with Crippen LogP contribution in [0.4, 0.5) is 4.39 Å². The van der Waals surface area contributed by atoms with E-state index in [0.717, 1.165) is 6.07 Å². The Morgan fingerprint density at radius 2 is 2.05 bits per heavy atom. The van der Waals surface area contributed by atoms with E-state index in [-0.39, 0.29) is 17.5 Å². The first-order valence-electron chi connectivity index (χ1n) is 6.35. The lowest BCUT2D eigenvalue weighted by Crippen LogP contribution is -2.34. The number of nitrogens with zero attached hydrogens (tertiary/aromatic N) is 1. The standard InChI is InChI=1S/C14H17FN2O3S/c1-17(2)13(14-7-4-8-20-14)10-16-21(18,19)12-6-3-5-11(15)9-12/h3-9,13,16H,10H2,1-2H3. The van der Waals surface area contributed by atoms with Crippen LogP contribution in [-0.4, -0.2) is 34.0 Å². The molecular weight excluding hydrogens is 295 g/mol. The van der Waals surface area contributed by atoms with Crippen LogP contribution in [0.2, 0.25) is 0 Å². The van der Waals surface area contributed by atoms with Crippen molar-refractivity contribution in [3.63, 3.8) is 0 Å². The number of nitrogens with one attached hydrogen (secondary N) is 1. The van der Waals surface area contributed by atoms with Crippen molar-refractivity contribution in [2.75, 3.05) is 20.6 Å². The van der Waals surface area contributed by atoms with E-state index >= 15 is 0 Å². The molecule has 1 aromatic heterocycles. The summed E-state index contributed by atoms with van der Waals surface area (Å²) in [5.41, 5.74) is 0. The number of hydrogen-bond donors (Lipinski definition) is 1. The highest BCUT2D eigenvalue weighted by molar-refractivity contribution is 7.89. The van der Waals surface area contributed by atoms with Crippen LogP contribution in [0.15, 0.2) is 52.0 Å². The average molecular weight is 312 g/mol. The minimum atomic E-state index is -3.76. The van der Waals surface area contributed by atoms with Crippen molar-refractivity contribution in [2.45, 2.75) is 10.9 Å². The van der Waals surface area contributed by atoms with Crippen LogP contribution in [0.3, 0.4) is 0 Å². The lowest BCUT2D eigenvalue weighted by atomic mass is 10.2. The molecule has 0 aliphatic heterocycles. The number of sulfonamides is 1. The molecule has 5 nitrogen and oxygen atoms in total. The van der Waals surface area contributed by atoms with E-state index in [1.165, 1.54) is 24.5 Å². The third-order valence-corrected chi connectivity index (χ3v) is 4.49. The highest BCUT2D eigenvalue weighted by Gasteiger charge is 2.21. The van der Waals surface area contributed by atoms with E-state index < -0.39 is 15.8 Å². The van der Waals surface area contributed by atoms with Crippen molar-refractivity contribution >= 4 is 10.0 Å². The number of likely N-dealkylation sites (N-methyl/N-ethyl adjacent to an activating group) is 1. The Labute approximate surface area is 123 Å². The third-order valence-electron chi connectivity index (χ3n) is 3.07. The fraction of sp³-hybridized carbons (Fsp3) is 0.286. The average Bonchev–Trinajstić information content (AvgIpc) is 2.92. The van der Waals surface area contributed by atoms with Gasteiger partial charge in [0.05, 0.1) is 17.2 Å². The van der Waals surface area contributed by atoms with Crippen LogP contribution in [0.25, 0.3) is 0 Å². The van der Waals surface area contributed by atoms with Crippen LogP contribution in [0.1, 0.15) is 11.8 Å². The van der Waals surface area contributed by atoms with Crippen molar-refractivity contribution in [2.24, 2.45) is 0 Å². The summed E-state index contributed by atoms with van der Waals surface area (Å²) in [5.74, 6) is 0.0648. The van der Waals surface area contributed by atoms with Crippen LogP contribution in [-0.2, 0) is 10.0 Å². The zero-order valence-corrected chi connectivity index (χ0v) is 12.6. The zero-order chi connectivity index (χ0) is 15.5. The predicted molar refractivity (Wildman–Crippen MR) is 76.7 cm³/mol. The van der Waals surface area contributed by atoms with Crippen LogP contribution < -0.4 is 4.72 Å². The van der Waals surface area contributed by atoms with Gasteiger partial charge in [0.25, 0.3) is 0 Å². The second-order valence-electron chi connectivity index (χ2n) is 4.80. The maximum atomic E-state index is 13.1. The van der Waals surface area contributed by atoms with E-state index in [2.05, 4.69) is 4.72 Å². The van der Waals surface area contributed by atoms with Gasteiger partial charge in [0, 0.05) is 6.54 Å². The Kier molecular flexibility index (Phi) is 4.76. The predicted octanol–water partition coefficient (Wildman–Crippen LogP) is 2.00. The molecule has 21 heavy (non-hydrogen) atoms. The van der Waals surface area contributed by atoms with Crippen molar-refractivity contribution in [3.8, 4) is 0 Å². The lowest BCUT2D eigenvalue weighted by Gasteiger charge is -2.22. The van der Waals surface area contributed by atoms with Gasteiger partial charge in [-0.05, 0) is 44.4 Å². The summed E-state index contributed by atoms with van der Waals surface area (Å²) in [6.45, 7) is 0.124. The van der Waals surface area contributed by atoms with Crippen molar-refractivity contribution < 1.29 is 17.2 Å². The van der Waals surface area contributed by atoms with Crippen molar-refractivity contribution in [1.82, 2.24) is 9.62 Å². The van der Waals surface area contributed by atoms with Gasteiger partial charge in [-0.3, -0.25) is 4.90 Å². The van der Waals surface area contributed by atoms with E-state index in [9.17, 15) is 12.8 Å². The number of furan rings is 1. The molecule has 0 aliphatic carbocycles. The van der Waals surface area contributed by atoms with Gasteiger partial charge in [0.1, 0.15) is 11.6 Å².